The molecule has 2 bridgehead atoms. The minimum absolute atomic E-state index is 0.758. The van der Waals surface area contributed by atoms with Crippen molar-refractivity contribution in [3.05, 3.63) is 29.8 Å². The fourth-order valence-corrected chi connectivity index (χ4v) is 3.19. The summed E-state index contributed by atoms with van der Waals surface area (Å²) < 4.78 is 5.21. The number of hydrogen-bond donors (Lipinski definition) is 0. The molecular weight excluding hydrogens is 198 g/mol. The monoisotopic (exact) mass is 217 g/mol. The Bertz CT molecular complexity index is 352. The molecule has 0 aromatic heterocycles. The lowest BCUT2D eigenvalue weighted by Gasteiger charge is -2.45. The van der Waals surface area contributed by atoms with Gasteiger partial charge in [0.15, 0.2) is 0 Å². The molecule has 2 nitrogen and oxygen atoms in total. The molecule has 2 heteroatoms. The Hall–Kier alpha value is -1.02. The standard InChI is InChI=1S/C14H19NO/c1-16-13-4-2-11(3-5-13)14-10-15-8-6-12(14)7-9-15/h2-5,12,14H,6-10H2,1H3. The highest BCUT2D eigenvalue weighted by Crippen LogP contribution is 2.39. The van der Waals surface area contributed by atoms with Crippen LogP contribution in [0.25, 0.3) is 0 Å². The van der Waals surface area contributed by atoms with Crippen molar-refractivity contribution in [2.75, 3.05) is 26.7 Å². The van der Waals surface area contributed by atoms with Crippen molar-refractivity contribution in [1.29, 1.82) is 0 Å². The van der Waals surface area contributed by atoms with Gasteiger partial charge in [-0.15, -0.1) is 0 Å². The number of benzene rings is 1. The van der Waals surface area contributed by atoms with Gasteiger partial charge in [0.2, 0.25) is 0 Å². The summed E-state index contributed by atoms with van der Waals surface area (Å²) in [6.45, 7) is 3.89. The molecular formula is C14H19NO. The van der Waals surface area contributed by atoms with E-state index in [0.29, 0.717) is 0 Å². The van der Waals surface area contributed by atoms with Crippen molar-refractivity contribution in [2.24, 2.45) is 5.92 Å². The van der Waals surface area contributed by atoms with E-state index in [1.165, 1.54) is 38.0 Å². The minimum Gasteiger partial charge on any atom is -0.497 e. The summed E-state index contributed by atoms with van der Waals surface area (Å²) in [5, 5.41) is 0. The number of nitrogens with zero attached hydrogens (tertiary/aromatic N) is 1. The van der Waals surface area contributed by atoms with Crippen molar-refractivity contribution < 1.29 is 4.74 Å². The van der Waals surface area contributed by atoms with Gasteiger partial charge in [-0.05, 0) is 55.5 Å². The lowest BCUT2D eigenvalue weighted by Crippen LogP contribution is -2.46. The molecule has 3 fully saturated rings. The summed E-state index contributed by atoms with van der Waals surface area (Å²) in [6.07, 6.45) is 2.77. The van der Waals surface area contributed by atoms with Crippen molar-refractivity contribution >= 4 is 0 Å². The van der Waals surface area contributed by atoms with Crippen LogP contribution in [0.3, 0.4) is 0 Å². The number of piperidine rings is 3. The van der Waals surface area contributed by atoms with Crippen LogP contribution in [0, 0.1) is 5.92 Å². The zero-order valence-corrected chi connectivity index (χ0v) is 9.86. The van der Waals surface area contributed by atoms with Gasteiger partial charge in [0.05, 0.1) is 7.11 Å². The van der Waals surface area contributed by atoms with Crippen LogP contribution in [-0.2, 0) is 0 Å². The molecule has 3 heterocycles. The van der Waals surface area contributed by atoms with Gasteiger partial charge < -0.3 is 9.64 Å². The molecule has 0 radical (unpaired) electrons. The molecule has 1 atom stereocenters. The molecule has 3 aliphatic heterocycles. The fourth-order valence-electron chi connectivity index (χ4n) is 3.19. The first kappa shape index (κ1) is 10.2. The summed E-state index contributed by atoms with van der Waals surface area (Å²) in [6, 6.07) is 8.66. The normalized spacial score (nSPS) is 32.7. The molecule has 4 rings (SSSR count). The van der Waals surface area contributed by atoms with Crippen LogP contribution in [0.2, 0.25) is 0 Å². The smallest absolute Gasteiger partial charge is 0.118 e. The van der Waals surface area contributed by atoms with Crippen molar-refractivity contribution in [3.8, 4) is 5.75 Å². The van der Waals surface area contributed by atoms with E-state index in [1.54, 1.807) is 7.11 Å². The molecule has 3 saturated heterocycles. The first-order valence-electron chi connectivity index (χ1n) is 6.23. The SMILES string of the molecule is COc1ccc(C2CN3CCC2CC3)cc1. The van der Waals surface area contributed by atoms with Crippen molar-refractivity contribution in [3.63, 3.8) is 0 Å². The van der Waals surface area contributed by atoms with Crippen molar-refractivity contribution in [2.45, 2.75) is 18.8 Å². The Morgan fingerprint density at radius 1 is 1.12 bits per heavy atom. The molecule has 3 aliphatic rings. The number of fused-ring (bicyclic) bond motifs is 3. The average Bonchev–Trinajstić information content (AvgIpc) is 2.40. The third kappa shape index (κ3) is 1.71. The molecule has 0 aliphatic carbocycles. The van der Waals surface area contributed by atoms with Crippen LogP contribution < -0.4 is 4.74 Å². The van der Waals surface area contributed by atoms with E-state index in [4.69, 9.17) is 4.74 Å². The zero-order chi connectivity index (χ0) is 11.0. The lowest BCUT2D eigenvalue weighted by molar-refractivity contribution is 0.0871. The Morgan fingerprint density at radius 2 is 1.81 bits per heavy atom. The van der Waals surface area contributed by atoms with Gasteiger partial charge in [0, 0.05) is 6.54 Å². The number of rotatable bonds is 2. The highest BCUT2D eigenvalue weighted by atomic mass is 16.5. The Kier molecular flexibility index (Phi) is 2.60. The highest BCUT2D eigenvalue weighted by Gasteiger charge is 2.34. The molecule has 86 valence electrons. The quantitative estimate of drug-likeness (QED) is 0.754. The Labute approximate surface area is 97.2 Å². The molecule has 1 aromatic rings. The third-order valence-corrected chi connectivity index (χ3v) is 4.20. The van der Waals surface area contributed by atoms with Gasteiger partial charge in [0.1, 0.15) is 5.75 Å². The van der Waals surface area contributed by atoms with Gasteiger partial charge in [-0.3, -0.25) is 0 Å². The largest absolute Gasteiger partial charge is 0.497 e. The van der Waals surface area contributed by atoms with Gasteiger partial charge in [-0.2, -0.15) is 0 Å². The summed E-state index contributed by atoms with van der Waals surface area (Å²) in [5.74, 6) is 2.64. The maximum atomic E-state index is 5.21. The maximum Gasteiger partial charge on any atom is 0.118 e. The van der Waals surface area contributed by atoms with E-state index in [-0.39, 0.29) is 0 Å². The van der Waals surface area contributed by atoms with Crippen LogP contribution in [0.5, 0.6) is 5.75 Å². The summed E-state index contributed by atoms with van der Waals surface area (Å²) in [5.41, 5.74) is 1.50. The van der Waals surface area contributed by atoms with Crippen LogP contribution in [0.1, 0.15) is 24.3 Å². The third-order valence-electron chi connectivity index (χ3n) is 4.20. The van der Waals surface area contributed by atoms with Crippen molar-refractivity contribution in [1.82, 2.24) is 4.90 Å². The molecule has 0 spiro atoms. The maximum absolute atomic E-state index is 5.21. The number of methoxy groups -OCH3 is 1. The van der Waals surface area contributed by atoms with Crippen LogP contribution in [-0.4, -0.2) is 31.6 Å². The van der Waals surface area contributed by atoms with E-state index in [9.17, 15) is 0 Å². The van der Waals surface area contributed by atoms with E-state index in [2.05, 4.69) is 29.2 Å². The molecule has 0 N–H and O–H groups in total. The number of hydrogen-bond acceptors (Lipinski definition) is 2. The predicted octanol–water partition coefficient (Wildman–Crippen LogP) is 2.50. The second-order valence-corrected chi connectivity index (χ2v) is 5.02. The second-order valence-electron chi connectivity index (χ2n) is 5.02. The number of ether oxygens (including phenoxy) is 1. The van der Waals surface area contributed by atoms with Gasteiger partial charge in [-0.1, -0.05) is 12.1 Å². The first-order valence-corrected chi connectivity index (χ1v) is 6.23. The Morgan fingerprint density at radius 3 is 2.31 bits per heavy atom. The zero-order valence-electron chi connectivity index (χ0n) is 9.86. The fraction of sp³-hybridized carbons (Fsp3) is 0.571. The minimum atomic E-state index is 0.758. The van der Waals surface area contributed by atoms with E-state index < -0.39 is 0 Å². The average molecular weight is 217 g/mol. The van der Waals surface area contributed by atoms with Crippen LogP contribution in [0.4, 0.5) is 0 Å². The molecule has 0 saturated carbocycles. The Balaban J connectivity index is 1.81. The molecule has 1 aromatic carbocycles. The van der Waals surface area contributed by atoms with Gasteiger partial charge >= 0.3 is 0 Å². The molecule has 16 heavy (non-hydrogen) atoms. The highest BCUT2D eigenvalue weighted by molar-refractivity contribution is 5.30. The van der Waals surface area contributed by atoms with Gasteiger partial charge in [-0.25, -0.2) is 0 Å². The van der Waals surface area contributed by atoms with Gasteiger partial charge in [0.25, 0.3) is 0 Å². The predicted molar refractivity (Wildman–Crippen MR) is 64.9 cm³/mol. The lowest BCUT2D eigenvalue weighted by atomic mass is 9.75. The summed E-state index contributed by atoms with van der Waals surface area (Å²) in [7, 11) is 1.73. The van der Waals surface area contributed by atoms with E-state index >= 15 is 0 Å². The second kappa shape index (κ2) is 4.10. The van der Waals surface area contributed by atoms with E-state index in [1.807, 2.05) is 0 Å². The van der Waals surface area contributed by atoms with E-state index in [0.717, 1.165) is 17.6 Å². The topological polar surface area (TPSA) is 12.5 Å². The first-order chi connectivity index (χ1) is 7.86. The van der Waals surface area contributed by atoms with Crippen LogP contribution in [0.15, 0.2) is 24.3 Å². The summed E-state index contributed by atoms with van der Waals surface area (Å²) in [4.78, 5) is 2.61. The summed E-state index contributed by atoms with van der Waals surface area (Å²) >= 11 is 0. The molecule has 1 unspecified atom stereocenters. The van der Waals surface area contributed by atoms with Crippen LogP contribution >= 0.6 is 0 Å². The molecule has 0 amide bonds.